The second-order valence-corrected chi connectivity index (χ2v) is 6.18. The second-order valence-electron chi connectivity index (χ2n) is 4.20. The van der Waals surface area contributed by atoms with Gasteiger partial charge in [0, 0.05) is 22.1 Å². The summed E-state index contributed by atoms with van der Waals surface area (Å²) in [6.07, 6.45) is 2.98. The fourth-order valence-electron chi connectivity index (χ4n) is 1.69. The largest absolute Gasteiger partial charge is 0.313 e. The molecule has 2 nitrogen and oxygen atoms in total. The molecule has 0 aliphatic carbocycles. The Morgan fingerprint density at radius 3 is 2.89 bits per heavy atom. The molecule has 1 heterocycles. The molecule has 0 radical (unpaired) electrons. The Bertz CT molecular complexity index is 517. The molecule has 0 amide bonds. The van der Waals surface area contributed by atoms with Gasteiger partial charge < -0.3 is 5.32 Å². The number of aromatic nitrogens is 1. The van der Waals surface area contributed by atoms with Crippen molar-refractivity contribution in [2.75, 3.05) is 6.54 Å². The van der Waals surface area contributed by atoms with Crippen molar-refractivity contribution in [2.45, 2.75) is 29.8 Å². The van der Waals surface area contributed by atoms with E-state index in [1.165, 1.54) is 10.5 Å². The van der Waals surface area contributed by atoms with Crippen LogP contribution in [0.25, 0.3) is 0 Å². The molecule has 0 spiro atoms. The highest BCUT2D eigenvalue weighted by atomic mass is 79.9. The molecule has 0 fully saturated rings. The van der Waals surface area contributed by atoms with Gasteiger partial charge in [0.25, 0.3) is 0 Å². The van der Waals surface area contributed by atoms with E-state index in [4.69, 9.17) is 0 Å². The minimum Gasteiger partial charge on any atom is -0.313 e. The molecule has 2 aromatic rings. The van der Waals surface area contributed by atoms with Crippen LogP contribution in [0, 0.1) is 0 Å². The standard InChI is InChI=1S/C15H17BrN2S/c1-2-8-17-11-12-6-7-13(16)10-14(12)19-15-5-3-4-9-18-15/h3-7,9-10,17H,2,8,11H2,1H3. The predicted octanol–water partition coefficient (Wildman–Crippen LogP) is 4.49. The fraction of sp³-hybridized carbons (Fsp3) is 0.267. The quantitative estimate of drug-likeness (QED) is 0.786. The van der Waals surface area contributed by atoms with Gasteiger partial charge in [-0.05, 0) is 42.8 Å². The van der Waals surface area contributed by atoms with Crippen LogP contribution in [0.4, 0.5) is 0 Å². The summed E-state index contributed by atoms with van der Waals surface area (Å²) in [4.78, 5) is 5.62. The zero-order chi connectivity index (χ0) is 13.5. The van der Waals surface area contributed by atoms with E-state index >= 15 is 0 Å². The smallest absolute Gasteiger partial charge is 0.101 e. The van der Waals surface area contributed by atoms with Crippen LogP contribution in [0.3, 0.4) is 0 Å². The molecule has 1 aromatic heterocycles. The Morgan fingerprint density at radius 2 is 2.16 bits per heavy atom. The van der Waals surface area contributed by atoms with Gasteiger partial charge in [-0.25, -0.2) is 4.98 Å². The average Bonchev–Trinajstić information content (AvgIpc) is 2.43. The van der Waals surface area contributed by atoms with Gasteiger partial charge in [0.15, 0.2) is 0 Å². The van der Waals surface area contributed by atoms with Gasteiger partial charge in [0.1, 0.15) is 5.03 Å². The van der Waals surface area contributed by atoms with E-state index < -0.39 is 0 Å². The highest BCUT2D eigenvalue weighted by molar-refractivity contribution is 9.10. The molecule has 0 bridgehead atoms. The monoisotopic (exact) mass is 336 g/mol. The molecule has 2 rings (SSSR count). The fourth-order valence-corrected chi connectivity index (χ4v) is 3.14. The number of nitrogens with zero attached hydrogens (tertiary/aromatic N) is 1. The van der Waals surface area contributed by atoms with Crippen LogP contribution < -0.4 is 5.32 Å². The lowest BCUT2D eigenvalue weighted by atomic mass is 10.2. The minimum absolute atomic E-state index is 0.899. The number of pyridine rings is 1. The zero-order valence-electron chi connectivity index (χ0n) is 10.9. The van der Waals surface area contributed by atoms with Crippen LogP contribution in [0.5, 0.6) is 0 Å². The first kappa shape index (κ1) is 14.6. The number of rotatable bonds is 6. The molecule has 0 unspecified atom stereocenters. The average molecular weight is 337 g/mol. The summed E-state index contributed by atoms with van der Waals surface area (Å²) in [5, 5.41) is 4.47. The van der Waals surface area contributed by atoms with Gasteiger partial charge in [-0.15, -0.1) is 0 Å². The molecule has 0 aliphatic rings. The van der Waals surface area contributed by atoms with Crippen LogP contribution in [0.2, 0.25) is 0 Å². The molecule has 19 heavy (non-hydrogen) atoms. The molecule has 1 N–H and O–H groups in total. The van der Waals surface area contributed by atoms with Gasteiger partial charge in [0.05, 0.1) is 0 Å². The lowest BCUT2D eigenvalue weighted by molar-refractivity contribution is 0.669. The Kier molecular flexibility index (Phi) is 5.89. The summed E-state index contributed by atoms with van der Waals surface area (Å²) in [7, 11) is 0. The van der Waals surface area contributed by atoms with Gasteiger partial charge in [-0.1, -0.05) is 46.7 Å². The van der Waals surface area contributed by atoms with Crippen molar-refractivity contribution < 1.29 is 0 Å². The van der Waals surface area contributed by atoms with Gasteiger partial charge in [-0.3, -0.25) is 0 Å². The van der Waals surface area contributed by atoms with E-state index in [-0.39, 0.29) is 0 Å². The lowest BCUT2D eigenvalue weighted by Crippen LogP contribution is -2.14. The lowest BCUT2D eigenvalue weighted by Gasteiger charge is -2.10. The zero-order valence-corrected chi connectivity index (χ0v) is 13.3. The Hall–Kier alpha value is -0.840. The van der Waals surface area contributed by atoms with Crippen molar-refractivity contribution in [1.29, 1.82) is 0 Å². The number of halogens is 1. The van der Waals surface area contributed by atoms with Crippen LogP contribution in [-0.2, 0) is 6.54 Å². The van der Waals surface area contributed by atoms with E-state index in [1.54, 1.807) is 11.8 Å². The molecule has 4 heteroatoms. The third kappa shape index (κ3) is 4.64. The summed E-state index contributed by atoms with van der Waals surface area (Å²) in [6.45, 7) is 4.12. The number of nitrogens with one attached hydrogen (secondary N) is 1. The summed E-state index contributed by atoms with van der Waals surface area (Å²) in [5.41, 5.74) is 1.31. The van der Waals surface area contributed by atoms with Gasteiger partial charge in [-0.2, -0.15) is 0 Å². The maximum Gasteiger partial charge on any atom is 0.101 e. The maximum atomic E-state index is 4.37. The van der Waals surface area contributed by atoms with E-state index in [0.717, 1.165) is 29.0 Å². The molecule has 0 atom stereocenters. The highest BCUT2D eigenvalue weighted by Gasteiger charge is 2.06. The summed E-state index contributed by atoms with van der Waals surface area (Å²) in [6, 6.07) is 12.4. The third-order valence-corrected chi connectivity index (χ3v) is 4.17. The van der Waals surface area contributed by atoms with Crippen LogP contribution in [-0.4, -0.2) is 11.5 Å². The number of hydrogen-bond acceptors (Lipinski definition) is 3. The number of benzene rings is 1. The second kappa shape index (κ2) is 7.68. The molecule has 0 saturated carbocycles. The molecule has 100 valence electrons. The Morgan fingerprint density at radius 1 is 1.26 bits per heavy atom. The molecule has 1 aromatic carbocycles. The SMILES string of the molecule is CCCNCc1ccc(Br)cc1Sc1ccccn1. The normalized spacial score (nSPS) is 10.6. The van der Waals surface area contributed by atoms with E-state index in [9.17, 15) is 0 Å². The maximum absolute atomic E-state index is 4.37. The van der Waals surface area contributed by atoms with Crippen molar-refractivity contribution in [1.82, 2.24) is 10.3 Å². The summed E-state index contributed by atoms with van der Waals surface area (Å²) < 4.78 is 1.10. The number of hydrogen-bond donors (Lipinski definition) is 1. The summed E-state index contributed by atoms with van der Waals surface area (Å²) >= 11 is 5.24. The van der Waals surface area contributed by atoms with Crippen molar-refractivity contribution in [3.8, 4) is 0 Å². The molecule has 0 aliphatic heterocycles. The van der Waals surface area contributed by atoms with E-state index in [2.05, 4.69) is 51.4 Å². The van der Waals surface area contributed by atoms with Crippen molar-refractivity contribution in [3.63, 3.8) is 0 Å². The Labute approximate surface area is 127 Å². The van der Waals surface area contributed by atoms with Crippen LogP contribution in [0.1, 0.15) is 18.9 Å². The van der Waals surface area contributed by atoms with Gasteiger partial charge >= 0.3 is 0 Å². The first-order valence-corrected chi connectivity index (χ1v) is 7.98. The topological polar surface area (TPSA) is 24.9 Å². The van der Waals surface area contributed by atoms with Crippen molar-refractivity contribution >= 4 is 27.7 Å². The molecule has 0 saturated heterocycles. The van der Waals surface area contributed by atoms with Gasteiger partial charge in [0.2, 0.25) is 0 Å². The minimum atomic E-state index is 0.899. The first-order valence-electron chi connectivity index (χ1n) is 6.37. The molecular formula is C15H17BrN2S. The Balaban J connectivity index is 2.15. The summed E-state index contributed by atoms with van der Waals surface area (Å²) in [5.74, 6) is 0. The van der Waals surface area contributed by atoms with Crippen molar-refractivity contribution in [2.24, 2.45) is 0 Å². The third-order valence-electron chi connectivity index (χ3n) is 2.62. The molecular weight excluding hydrogens is 320 g/mol. The van der Waals surface area contributed by atoms with Crippen LogP contribution >= 0.6 is 27.7 Å². The predicted molar refractivity (Wildman–Crippen MR) is 84.5 cm³/mol. The van der Waals surface area contributed by atoms with Crippen LogP contribution in [0.15, 0.2) is 57.0 Å². The van der Waals surface area contributed by atoms with E-state index in [0.29, 0.717) is 0 Å². The first-order chi connectivity index (χ1) is 9.29. The van der Waals surface area contributed by atoms with E-state index in [1.807, 2.05) is 24.4 Å². The van der Waals surface area contributed by atoms with Crippen molar-refractivity contribution in [3.05, 3.63) is 52.6 Å². The highest BCUT2D eigenvalue weighted by Crippen LogP contribution is 2.31.